The van der Waals surface area contributed by atoms with Crippen molar-refractivity contribution in [1.82, 2.24) is 0 Å². The predicted molar refractivity (Wildman–Crippen MR) is 109 cm³/mol. The highest BCUT2D eigenvalue weighted by Crippen LogP contribution is 2.28. The normalized spacial score (nSPS) is 12.2. The van der Waals surface area contributed by atoms with Gasteiger partial charge in [-0.25, -0.2) is 4.39 Å². The second-order valence-electron chi connectivity index (χ2n) is 7.09. The van der Waals surface area contributed by atoms with Crippen LogP contribution in [0.1, 0.15) is 18.1 Å². The van der Waals surface area contributed by atoms with E-state index in [9.17, 15) is 9.50 Å². The minimum Gasteiger partial charge on any atom is -0.488 e. The van der Waals surface area contributed by atoms with E-state index in [0.717, 1.165) is 42.9 Å². The molecule has 5 heteroatoms. The average Bonchev–Trinajstić information content (AvgIpc) is 2.70. The Labute approximate surface area is 165 Å². The largest absolute Gasteiger partial charge is 0.488 e. The van der Waals surface area contributed by atoms with Gasteiger partial charge in [-0.1, -0.05) is 48.5 Å². The summed E-state index contributed by atoms with van der Waals surface area (Å²) in [6.07, 6.45) is -0.281. The van der Waals surface area contributed by atoms with Crippen LogP contribution in [0.4, 0.5) is 4.39 Å². The van der Waals surface area contributed by atoms with Gasteiger partial charge in [-0.15, -0.1) is 0 Å². The van der Waals surface area contributed by atoms with Crippen molar-refractivity contribution in [3.8, 4) is 5.75 Å². The standard InChI is InChI=1S/C23H27FN2O2/c1-17(27)14-25-12-13-26-15-21-20-8-4-2-6-18(20)10-11-23(21)28-16-19-7-3-5-9-22(19)24/h2-11,17,25-27H,12-16H2,1H3/p+2/t17-/m1/s1. The summed E-state index contributed by atoms with van der Waals surface area (Å²) < 4.78 is 19.9. The van der Waals surface area contributed by atoms with Gasteiger partial charge < -0.3 is 20.5 Å². The lowest BCUT2D eigenvalue weighted by Crippen LogP contribution is -2.95. The molecule has 3 aromatic carbocycles. The zero-order valence-electron chi connectivity index (χ0n) is 16.3. The van der Waals surface area contributed by atoms with Crippen LogP contribution >= 0.6 is 0 Å². The van der Waals surface area contributed by atoms with Crippen LogP contribution in [0, 0.1) is 5.82 Å². The van der Waals surface area contributed by atoms with Crippen molar-refractivity contribution in [2.45, 2.75) is 26.2 Å². The van der Waals surface area contributed by atoms with E-state index < -0.39 is 0 Å². The summed E-state index contributed by atoms with van der Waals surface area (Å²) >= 11 is 0. The maximum absolute atomic E-state index is 13.9. The van der Waals surface area contributed by atoms with Crippen LogP contribution in [-0.4, -0.2) is 30.8 Å². The summed E-state index contributed by atoms with van der Waals surface area (Å²) in [6.45, 7) is 5.41. The van der Waals surface area contributed by atoms with Gasteiger partial charge >= 0.3 is 0 Å². The molecule has 0 fully saturated rings. The van der Waals surface area contributed by atoms with E-state index in [2.05, 4.69) is 22.8 Å². The van der Waals surface area contributed by atoms with Crippen LogP contribution in [0.2, 0.25) is 0 Å². The van der Waals surface area contributed by atoms with E-state index in [1.54, 1.807) is 19.1 Å². The number of quaternary nitrogens is 2. The third-order valence-corrected chi connectivity index (χ3v) is 4.77. The molecule has 0 radical (unpaired) electrons. The first-order valence-corrected chi connectivity index (χ1v) is 9.83. The summed E-state index contributed by atoms with van der Waals surface area (Å²) in [6, 6.07) is 19.0. The van der Waals surface area contributed by atoms with E-state index >= 15 is 0 Å². The van der Waals surface area contributed by atoms with E-state index in [4.69, 9.17) is 4.74 Å². The Balaban J connectivity index is 1.70. The van der Waals surface area contributed by atoms with Gasteiger partial charge in [-0.3, -0.25) is 0 Å². The molecule has 5 N–H and O–H groups in total. The molecule has 0 aliphatic carbocycles. The number of aliphatic hydroxyl groups excluding tert-OH is 1. The van der Waals surface area contributed by atoms with Gasteiger partial charge in [0.15, 0.2) is 0 Å². The zero-order valence-corrected chi connectivity index (χ0v) is 16.3. The smallest absolute Gasteiger partial charge is 0.129 e. The molecule has 148 valence electrons. The van der Waals surface area contributed by atoms with E-state index in [1.165, 1.54) is 11.5 Å². The number of aliphatic hydroxyl groups is 1. The topological polar surface area (TPSA) is 62.7 Å². The average molecular weight is 384 g/mol. The number of hydrogen-bond donors (Lipinski definition) is 3. The van der Waals surface area contributed by atoms with Crippen molar-refractivity contribution in [2.24, 2.45) is 0 Å². The van der Waals surface area contributed by atoms with Crippen LogP contribution in [0.3, 0.4) is 0 Å². The molecular weight excluding hydrogens is 355 g/mol. The number of rotatable bonds is 10. The van der Waals surface area contributed by atoms with Gasteiger partial charge in [0.2, 0.25) is 0 Å². The van der Waals surface area contributed by atoms with Crippen LogP contribution in [0.25, 0.3) is 10.8 Å². The third-order valence-electron chi connectivity index (χ3n) is 4.77. The zero-order chi connectivity index (χ0) is 19.8. The number of nitrogens with two attached hydrogens (primary N) is 2. The van der Waals surface area contributed by atoms with E-state index in [0.29, 0.717) is 5.56 Å². The fourth-order valence-corrected chi connectivity index (χ4v) is 3.27. The number of halogens is 1. The molecule has 3 rings (SSSR count). The molecule has 1 atom stereocenters. The number of hydrogen-bond acceptors (Lipinski definition) is 2. The third kappa shape index (κ3) is 5.52. The maximum atomic E-state index is 13.9. The molecule has 4 nitrogen and oxygen atoms in total. The van der Waals surface area contributed by atoms with Crippen molar-refractivity contribution in [3.05, 3.63) is 77.6 Å². The van der Waals surface area contributed by atoms with Crippen LogP contribution in [0.5, 0.6) is 5.75 Å². The summed E-state index contributed by atoms with van der Waals surface area (Å²) in [5.41, 5.74) is 1.68. The van der Waals surface area contributed by atoms with Gasteiger partial charge in [0, 0.05) is 5.56 Å². The monoisotopic (exact) mass is 384 g/mol. The first kappa shape index (κ1) is 20.3. The first-order valence-electron chi connectivity index (χ1n) is 9.83. The molecule has 0 saturated carbocycles. The lowest BCUT2D eigenvalue weighted by atomic mass is 10.0. The lowest BCUT2D eigenvalue weighted by Gasteiger charge is -2.14. The lowest BCUT2D eigenvalue weighted by molar-refractivity contribution is -0.733. The molecule has 0 saturated heterocycles. The minimum absolute atomic E-state index is 0.209. The Morgan fingerprint density at radius 2 is 1.71 bits per heavy atom. The quantitative estimate of drug-likeness (QED) is 0.465. The number of ether oxygens (including phenoxy) is 1. The molecular formula is C23H29FN2O2+2. The van der Waals surface area contributed by atoms with Gasteiger partial charge in [-0.05, 0) is 29.8 Å². The summed E-state index contributed by atoms with van der Waals surface area (Å²) in [5.74, 6) is 0.552. The highest BCUT2D eigenvalue weighted by Gasteiger charge is 2.12. The summed E-state index contributed by atoms with van der Waals surface area (Å²) in [4.78, 5) is 0. The predicted octanol–water partition coefficient (Wildman–Crippen LogP) is 1.57. The van der Waals surface area contributed by atoms with Gasteiger partial charge in [-0.2, -0.15) is 0 Å². The van der Waals surface area contributed by atoms with Crippen molar-refractivity contribution in [2.75, 3.05) is 19.6 Å². The fourth-order valence-electron chi connectivity index (χ4n) is 3.27. The second kappa shape index (κ2) is 10.2. The molecule has 0 bridgehead atoms. The van der Waals surface area contributed by atoms with Gasteiger partial charge in [0.05, 0.1) is 11.7 Å². The number of fused-ring (bicyclic) bond motifs is 1. The molecule has 0 aromatic heterocycles. The van der Waals surface area contributed by atoms with Crippen molar-refractivity contribution >= 4 is 10.8 Å². The van der Waals surface area contributed by atoms with Gasteiger partial charge in [0.25, 0.3) is 0 Å². The highest BCUT2D eigenvalue weighted by molar-refractivity contribution is 5.87. The second-order valence-corrected chi connectivity index (χ2v) is 7.09. The Morgan fingerprint density at radius 3 is 2.54 bits per heavy atom. The van der Waals surface area contributed by atoms with Crippen molar-refractivity contribution in [1.29, 1.82) is 0 Å². The number of benzene rings is 3. The maximum Gasteiger partial charge on any atom is 0.129 e. The Morgan fingerprint density at radius 1 is 0.964 bits per heavy atom. The van der Waals surface area contributed by atoms with Crippen LogP contribution in [0.15, 0.2) is 60.7 Å². The summed E-state index contributed by atoms with van der Waals surface area (Å²) in [7, 11) is 0. The molecule has 0 amide bonds. The van der Waals surface area contributed by atoms with Crippen LogP contribution in [-0.2, 0) is 13.2 Å². The van der Waals surface area contributed by atoms with E-state index in [1.807, 2.05) is 30.3 Å². The highest BCUT2D eigenvalue weighted by atomic mass is 19.1. The molecule has 3 aromatic rings. The molecule has 0 heterocycles. The summed E-state index contributed by atoms with van der Waals surface area (Å²) in [5, 5.41) is 16.0. The fraction of sp³-hybridized carbons (Fsp3) is 0.304. The minimum atomic E-state index is -0.281. The Bertz CT molecular complexity index is 899. The van der Waals surface area contributed by atoms with Crippen molar-refractivity contribution in [3.63, 3.8) is 0 Å². The molecule has 0 unspecified atom stereocenters. The molecule has 0 spiro atoms. The Hall–Kier alpha value is -2.47. The molecule has 0 aliphatic heterocycles. The Kier molecular flexibility index (Phi) is 7.37. The van der Waals surface area contributed by atoms with Crippen molar-refractivity contribution < 1.29 is 24.9 Å². The van der Waals surface area contributed by atoms with Crippen LogP contribution < -0.4 is 15.4 Å². The molecule has 0 aliphatic rings. The first-order chi connectivity index (χ1) is 13.6. The van der Waals surface area contributed by atoms with Gasteiger partial charge in [0.1, 0.15) is 44.4 Å². The van der Waals surface area contributed by atoms with E-state index in [-0.39, 0.29) is 18.5 Å². The SMILES string of the molecule is C[C@@H](O)C[NH2+]CC[NH2+]Cc1c(OCc2ccccc2F)ccc2ccccc12. The molecule has 28 heavy (non-hydrogen) atoms.